The highest BCUT2D eigenvalue weighted by Gasteiger charge is 2.17. The van der Waals surface area contributed by atoms with Crippen LogP contribution in [0, 0.1) is 11.6 Å². The molecule has 110 valence electrons. The van der Waals surface area contributed by atoms with Gasteiger partial charge >= 0.3 is 5.97 Å². The van der Waals surface area contributed by atoms with Gasteiger partial charge in [-0.15, -0.1) is 0 Å². The number of carboxylic acids is 1. The maximum Gasteiger partial charge on any atom is 0.338 e. The molecule has 0 bridgehead atoms. The highest BCUT2D eigenvalue weighted by molar-refractivity contribution is 6.30. The van der Waals surface area contributed by atoms with Gasteiger partial charge in [0.2, 0.25) is 0 Å². The Morgan fingerprint density at radius 1 is 1.10 bits per heavy atom. The first kappa shape index (κ1) is 15.1. The van der Waals surface area contributed by atoms with Gasteiger partial charge in [0.25, 0.3) is 0 Å². The summed E-state index contributed by atoms with van der Waals surface area (Å²) in [7, 11) is 1.36. The van der Waals surface area contributed by atoms with E-state index in [4.69, 9.17) is 26.2 Å². The van der Waals surface area contributed by atoms with Gasteiger partial charge in [-0.2, -0.15) is 0 Å². The molecule has 2 aromatic carbocycles. The molecule has 0 amide bonds. The van der Waals surface area contributed by atoms with Crippen molar-refractivity contribution in [3.8, 4) is 17.2 Å². The molecule has 21 heavy (non-hydrogen) atoms. The molecule has 0 fully saturated rings. The molecule has 0 unspecified atom stereocenters. The van der Waals surface area contributed by atoms with Gasteiger partial charge in [0.05, 0.1) is 12.7 Å². The third-order valence-corrected chi connectivity index (χ3v) is 2.83. The van der Waals surface area contributed by atoms with Crippen LogP contribution in [-0.4, -0.2) is 18.2 Å². The molecular formula is C14H9ClF2O4. The minimum absolute atomic E-state index is 0.114. The molecular weight excluding hydrogens is 306 g/mol. The first-order valence-corrected chi connectivity index (χ1v) is 6.04. The van der Waals surface area contributed by atoms with Crippen LogP contribution in [0.5, 0.6) is 17.2 Å². The standard InChI is InChI=1S/C14H9ClF2O4/c1-20-13-4-7(15)2-3-11(13)21-12-6-9(16)8(14(18)19)5-10(12)17/h2-6H,1H3,(H,18,19). The number of hydrogen-bond acceptors (Lipinski definition) is 3. The second-order valence-electron chi connectivity index (χ2n) is 3.96. The van der Waals surface area contributed by atoms with Crippen molar-refractivity contribution in [2.75, 3.05) is 7.11 Å². The Labute approximate surface area is 123 Å². The SMILES string of the molecule is COc1cc(Cl)ccc1Oc1cc(F)c(C(=O)O)cc1F. The molecule has 0 aliphatic heterocycles. The maximum atomic E-state index is 13.8. The fraction of sp³-hybridized carbons (Fsp3) is 0.0714. The largest absolute Gasteiger partial charge is 0.493 e. The highest BCUT2D eigenvalue weighted by atomic mass is 35.5. The quantitative estimate of drug-likeness (QED) is 0.922. The molecule has 0 aliphatic rings. The van der Waals surface area contributed by atoms with Crippen LogP contribution in [0.4, 0.5) is 8.78 Å². The summed E-state index contributed by atoms with van der Waals surface area (Å²) < 4.78 is 37.5. The van der Waals surface area contributed by atoms with E-state index in [0.29, 0.717) is 17.2 Å². The third kappa shape index (κ3) is 3.22. The van der Waals surface area contributed by atoms with Crippen LogP contribution in [0.15, 0.2) is 30.3 Å². The van der Waals surface area contributed by atoms with Crippen molar-refractivity contribution in [2.45, 2.75) is 0 Å². The zero-order valence-corrected chi connectivity index (χ0v) is 11.4. The van der Waals surface area contributed by atoms with E-state index in [1.807, 2.05) is 0 Å². The average molecular weight is 315 g/mol. The number of benzene rings is 2. The molecule has 2 rings (SSSR count). The molecule has 2 aromatic rings. The molecule has 0 saturated carbocycles. The van der Waals surface area contributed by atoms with Crippen molar-refractivity contribution in [1.29, 1.82) is 0 Å². The summed E-state index contributed by atoms with van der Waals surface area (Å²) in [5.74, 6) is -3.80. The molecule has 0 aromatic heterocycles. The van der Waals surface area contributed by atoms with Crippen LogP contribution in [0.3, 0.4) is 0 Å². The summed E-state index contributed by atoms with van der Waals surface area (Å²) in [6, 6.07) is 5.56. The second kappa shape index (κ2) is 5.97. The number of carboxylic acid groups (broad SMARTS) is 1. The Hall–Kier alpha value is -2.34. The predicted octanol–water partition coefficient (Wildman–Crippen LogP) is 4.12. The molecule has 1 N–H and O–H groups in total. The molecule has 0 radical (unpaired) electrons. The van der Waals surface area contributed by atoms with E-state index >= 15 is 0 Å². The Morgan fingerprint density at radius 2 is 1.81 bits per heavy atom. The molecule has 0 saturated heterocycles. The smallest absolute Gasteiger partial charge is 0.338 e. The van der Waals surface area contributed by atoms with Crippen molar-refractivity contribution in [3.05, 3.63) is 52.6 Å². The van der Waals surface area contributed by atoms with Crippen LogP contribution in [0.25, 0.3) is 0 Å². The van der Waals surface area contributed by atoms with Crippen molar-refractivity contribution in [2.24, 2.45) is 0 Å². The summed E-state index contributed by atoms with van der Waals surface area (Å²) in [5, 5.41) is 9.08. The van der Waals surface area contributed by atoms with E-state index in [9.17, 15) is 13.6 Å². The van der Waals surface area contributed by atoms with E-state index in [2.05, 4.69) is 0 Å². The topological polar surface area (TPSA) is 55.8 Å². The number of halogens is 3. The lowest BCUT2D eigenvalue weighted by Crippen LogP contribution is -2.03. The summed E-state index contributed by atoms with van der Waals surface area (Å²) in [6.45, 7) is 0. The summed E-state index contributed by atoms with van der Waals surface area (Å²) in [5.41, 5.74) is -0.775. The van der Waals surface area contributed by atoms with Gasteiger partial charge in [0.15, 0.2) is 23.1 Å². The first-order chi connectivity index (χ1) is 9.92. The predicted molar refractivity (Wildman–Crippen MR) is 71.4 cm³/mol. The van der Waals surface area contributed by atoms with E-state index in [1.54, 1.807) is 0 Å². The Kier molecular flexibility index (Phi) is 4.28. The zero-order chi connectivity index (χ0) is 15.6. The van der Waals surface area contributed by atoms with Crippen molar-refractivity contribution in [1.82, 2.24) is 0 Å². The number of aromatic carboxylic acids is 1. The van der Waals surface area contributed by atoms with Crippen LogP contribution in [-0.2, 0) is 0 Å². The molecule has 0 atom stereocenters. The summed E-state index contributed by atoms with van der Waals surface area (Å²) >= 11 is 5.78. The molecule has 4 nitrogen and oxygen atoms in total. The lowest BCUT2D eigenvalue weighted by molar-refractivity contribution is 0.0691. The van der Waals surface area contributed by atoms with Gasteiger partial charge in [-0.25, -0.2) is 13.6 Å². The number of hydrogen-bond donors (Lipinski definition) is 1. The zero-order valence-electron chi connectivity index (χ0n) is 10.7. The lowest BCUT2D eigenvalue weighted by Gasteiger charge is -2.11. The number of methoxy groups -OCH3 is 1. The van der Waals surface area contributed by atoms with Crippen molar-refractivity contribution < 1.29 is 28.2 Å². The van der Waals surface area contributed by atoms with Crippen LogP contribution >= 0.6 is 11.6 Å². The van der Waals surface area contributed by atoms with E-state index in [1.165, 1.54) is 25.3 Å². The minimum Gasteiger partial charge on any atom is -0.493 e. The Balaban J connectivity index is 2.41. The van der Waals surface area contributed by atoms with E-state index < -0.39 is 28.9 Å². The van der Waals surface area contributed by atoms with Crippen LogP contribution in [0.2, 0.25) is 5.02 Å². The number of rotatable bonds is 4. The lowest BCUT2D eigenvalue weighted by atomic mass is 10.2. The monoisotopic (exact) mass is 314 g/mol. The second-order valence-corrected chi connectivity index (χ2v) is 4.40. The van der Waals surface area contributed by atoms with Gasteiger partial charge in [0.1, 0.15) is 5.82 Å². The van der Waals surface area contributed by atoms with Gasteiger partial charge in [-0.1, -0.05) is 11.6 Å². The normalized spacial score (nSPS) is 10.3. The minimum atomic E-state index is -1.57. The van der Waals surface area contributed by atoms with Gasteiger partial charge in [0, 0.05) is 17.2 Å². The van der Waals surface area contributed by atoms with Crippen molar-refractivity contribution in [3.63, 3.8) is 0 Å². The maximum absolute atomic E-state index is 13.8. The molecule has 7 heteroatoms. The molecule has 0 heterocycles. The number of carbonyl (C=O) groups is 1. The van der Waals surface area contributed by atoms with Gasteiger partial charge in [-0.05, 0) is 18.2 Å². The highest BCUT2D eigenvalue weighted by Crippen LogP contribution is 2.35. The van der Waals surface area contributed by atoms with Crippen LogP contribution in [0.1, 0.15) is 10.4 Å². The van der Waals surface area contributed by atoms with E-state index in [0.717, 1.165) is 0 Å². The summed E-state index contributed by atoms with van der Waals surface area (Å²) in [4.78, 5) is 10.7. The summed E-state index contributed by atoms with van der Waals surface area (Å²) in [6.07, 6.45) is 0. The van der Waals surface area contributed by atoms with Crippen LogP contribution < -0.4 is 9.47 Å². The number of ether oxygens (including phenoxy) is 2. The molecule has 0 spiro atoms. The molecule has 0 aliphatic carbocycles. The first-order valence-electron chi connectivity index (χ1n) is 5.66. The van der Waals surface area contributed by atoms with Crippen molar-refractivity contribution >= 4 is 17.6 Å². The fourth-order valence-corrected chi connectivity index (χ4v) is 1.78. The van der Waals surface area contributed by atoms with Gasteiger partial charge < -0.3 is 14.6 Å². The third-order valence-electron chi connectivity index (χ3n) is 2.60. The average Bonchev–Trinajstić information content (AvgIpc) is 2.43. The Morgan fingerprint density at radius 3 is 2.43 bits per heavy atom. The fourth-order valence-electron chi connectivity index (χ4n) is 1.61. The Bertz CT molecular complexity index is 704. The van der Waals surface area contributed by atoms with Gasteiger partial charge in [-0.3, -0.25) is 0 Å². The van der Waals surface area contributed by atoms with E-state index in [-0.39, 0.29) is 11.5 Å².